The highest BCUT2D eigenvalue weighted by molar-refractivity contribution is 5.76. The fraction of sp³-hybridized carbons (Fsp3) is 0.455. The maximum atomic E-state index is 15.6. The second-order valence-corrected chi connectivity index (χ2v) is 7.90. The molecule has 2 N–H and O–H groups in total. The van der Waals surface area contributed by atoms with E-state index in [0.29, 0.717) is 36.2 Å². The first-order valence-electron chi connectivity index (χ1n) is 10.1. The monoisotopic (exact) mass is 397 g/mol. The van der Waals surface area contributed by atoms with E-state index in [1.165, 1.54) is 0 Å². The smallest absolute Gasteiger partial charge is 0.177 e. The van der Waals surface area contributed by atoms with Gasteiger partial charge in [0.1, 0.15) is 5.82 Å². The summed E-state index contributed by atoms with van der Waals surface area (Å²) in [6.45, 7) is 2.45. The molecule has 0 amide bonds. The lowest BCUT2D eigenvalue weighted by atomic mass is 9.89. The van der Waals surface area contributed by atoms with Crippen LogP contribution in [0, 0.1) is 12.7 Å². The van der Waals surface area contributed by atoms with Crippen molar-refractivity contribution in [3.63, 3.8) is 0 Å². The minimum Gasteiger partial charge on any atom is -0.491 e. The summed E-state index contributed by atoms with van der Waals surface area (Å²) in [4.78, 5) is 11.2. The Labute approximate surface area is 171 Å². The lowest BCUT2D eigenvalue weighted by Crippen LogP contribution is -2.29. The van der Waals surface area contributed by atoms with Gasteiger partial charge >= 0.3 is 0 Å². The van der Waals surface area contributed by atoms with Crippen LogP contribution in [0.4, 0.5) is 21.7 Å². The van der Waals surface area contributed by atoms with E-state index < -0.39 is 0 Å². The summed E-state index contributed by atoms with van der Waals surface area (Å²) in [6.07, 6.45) is 5.58. The zero-order valence-electron chi connectivity index (χ0n) is 17.5. The highest BCUT2D eigenvalue weighted by Crippen LogP contribution is 2.41. The molecule has 4 rings (SSSR count). The Bertz CT molecular complexity index is 957. The van der Waals surface area contributed by atoms with E-state index in [0.717, 1.165) is 41.9 Å². The number of pyridine rings is 2. The number of allylic oxidation sites excluding steroid dienone is 1. The molecule has 0 spiro atoms. The number of aryl methyl sites for hydroxylation is 1. The molecule has 0 fully saturated rings. The molecule has 0 saturated carbocycles. The Kier molecular flexibility index (Phi) is 5.41. The standard InChI is InChI=1S/C22H28FN5O/c1-13-11-15(24-2)12-18(25-13)27-22-20(23)19(21-17(26-22)9-10-29-21)14-5-7-16(8-6-14)28(3)4/h5,11-12,16H,6-10H2,1-4H3,(H2,24,25,26,27). The third-order valence-electron chi connectivity index (χ3n) is 5.67. The van der Waals surface area contributed by atoms with Crippen molar-refractivity contribution in [2.75, 3.05) is 38.4 Å². The Balaban J connectivity index is 1.72. The lowest BCUT2D eigenvalue weighted by Gasteiger charge is -2.28. The first-order chi connectivity index (χ1) is 14.0. The van der Waals surface area contributed by atoms with Gasteiger partial charge in [-0.1, -0.05) is 6.08 Å². The van der Waals surface area contributed by atoms with Crippen LogP contribution in [0.25, 0.3) is 5.57 Å². The number of nitrogens with one attached hydrogen (secondary N) is 2. The minimum absolute atomic E-state index is 0.208. The molecule has 2 aromatic rings. The molecule has 7 heteroatoms. The van der Waals surface area contributed by atoms with E-state index in [1.54, 1.807) is 0 Å². The van der Waals surface area contributed by atoms with Gasteiger partial charge < -0.3 is 20.3 Å². The zero-order valence-corrected chi connectivity index (χ0v) is 17.5. The van der Waals surface area contributed by atoms with Crippen molar-refractivity contribution in [1.29, 1.82) is 0 Å². The molecule has 6 nitrogen and oxygen atoms in total. The number of aromatic nitrogens is 2. The number of hydrogen-bond donors (Lipinski definition) is 2. The topological polar surface area (TPSA) is 62.3 Å². The van der Waals surface area contributed by atoms with Crippen LogP contribution in [-0.2, 0) is 6.42 Å². The van der Waals surface area contributed by atoms with Gasteiger partial charge in [-0.3, -0.25) is 0 Å². The number of nitrogens with zero attached hydrogens (tertiary/aromatic N) is 3. The molecule has 0 aromatic carbocycles. The van der Waals surface area contributed by atoms with Crippen LogP contribution >= 0.6 is 0 Å². The largest absolute Gasteiger partial charge is 0.491 e. The molecule has 1 unspecified atom stereocenters. The summed E-state index contributed by atoms with van der Waals surface area (Å²) in [5, 5.41) is 6.20. The third kappa shape index (κ3) is 3.92. The lowest BCUT2D eigenvalue weighted by molar-refractivity contribution is 0.277. The molecule has 1 aliphatic heterocycles. The van der Waals surface area contributed by atoms with E-state index in [2.05, 4.69) is 45.7 Å². The normalized spacial score (nSPS) is 18.3. The van der Waals surface area contributed by atoms with E-state index >= 15 is 4.39 Å². The van der Waals surface area contributed by atoms with Crippen molar-refractivity contribution in [3.05, 3.63) is 41.0 Å². The summed E-state index contributed by atoms with van der Waals surface area (Å²) in [6, 6.07) is 4.27. The highest BCUT2D eigenvalue weighted by Gasteiger charge is 2.29. The van der Waals surface area contributed by atoms with Crippen molar-refractivity contribution in [2.45, 2.75) is 38.6 Å². The van der Waals surface area contributed by atoms with E-state index in [1.807, 2.05) is 26.1 Å². The van der Waals surface area contributed by atoms with Crippen molar-refractivity contribution < 1.29 is 9.13 Å². The van der Waals surface area contributed by atoms with Gasteiger partial charge in [0.25, 0.3) is 0 Å². The molecule has 1 aliphatic carbocycles. The Morgan fingerprint density at radius 2 is 2.03 bits per heavy atom. The number of rotatable bonds is 5. The van der Waals surface area contributed by atoms with E-state index in [9.17, 15) is 0 Å². The van der Waals surface area contributed by atoms with Crippen LogP contribution in [0.3, 0.4) is 0 Å². The molecular weight excluding hydrogens is 369 g/mol. The molecule has 2 aliphatic rings. The van der Waals surface area contributed by atoms with Crippen LogP contribution in [0.1, 0.15) is 36.2 Å². The third-order valence-corrected chi connectivity index (χ3v) is 5.67. The summed E-state index contributed by atoms with van der Waals surface area (Å²) in [5.74, 6) is 1.01. The van der Waals surface area contributed by atoms with Crippen molar-refractivity contribution in [3.8, 4) is 5.75 Å². The minimum atomic E-state index is -0.366. The summed E-state index contributed by atoms with van der Waals surface area (Å²) in [7, 11) is 6.03. The van der Waals surface area contributed by atoms with Gasteiger partial charge in [-0.15, -0.1) is 0 Å². The van der Waals surface area contributed by atoms with E-state index in [-0.39, 0.29) is 11.6 Å². The van der Waals surface area contributed by atoms with Gasteiger partial charge in [0.15, 0.2) is 17.4 Å². The molecule has 0 saturated heterocycles. The van der Waals surface area contributed by atoms with Crippen molar-refractivity contribution in [2.24, 2.45) is 0 Å². The first-order valence-corrected chi connectivity index (χ1v) is 10.1. The second kappa shape index (κ2) is 7.99. The average molecular weight is 397 g/mol. The maximum absolute atomic E-state index is 15.6. The van der Waals surface area contributed by atoms with Gasteiger partial charge in [0.2, 0.25) is 0 Å². The molecule has 2 aromatic heterocycles. The van der Waals surface area contributed by atoms with Gasteiger partial charge in [-0.05, 0) is 51.9 Å². The molecule has 0 bridgehead atoms. The van der Waals surface area contributed by atoms with Crippen LogP contribution in [0.15, 0.2) is 18.2 Å². The average Bonchev–Trinajstić information content (AvgIpc) is 3.16. The Hall–Kier alpha value is -2.67. The van der Waals surface area contributed by atoms with Crippen LogP contribution in [0.2, 0.25) is 0 Å². The fourth-order valence-electron chi connectivity index (χ4n) is 4.06. The Morgan fingerprint density at radius 1 is 1.21 bits per heavy atom. The molecule has 0 radical (unpaired) electrons. The predicted molar refractivity (Wildman–Crippen MR) is 115 cm³/mol. The van der Waals surface area contributed by atoms with E-state index in [4.69, 9.17) is 4.74 Å². The van der Waals surface area contributed by atoms with Crippen LogP contribution in [0.5, 0.6) is 5.75 Å². The summed E-state index contributed by atoms with van der Waals surface area (Å²) < 4.78 is 21.4. The van der Waals surface area contributed by atoms with Gasteiger partial charge in [-0.2, -0.15) is 0 Å². The maximum Gasteiger partial charge on any atom is 0.177 e. The van der Waals surface area contributed by atoms with Crippen LogP contribution in [-0.4, -0.2) is 48.7 Å². The van der Waals surface area contributed by atoms with Crippen molar-refractivity contribution >= 4 is 22.9 Å². The van der Waals surface area contributed by atoms with Crippen LogP contribution < -0.4 is 15.4 Å². The molecule has 29 heavy (non-hydrogen) atoms. The van der Waals surface area contributed by atoms with Crippen molar-refractivity contribution in [1.82, 2.24) is 14.9 Å². The van der Waals surface area contributed by atoms with Gasteiger partial charge in [0, 0.05) is 37.0 Å². The number of anilines is 3. The number of ether oxygens (including phenoxy) is 1. The quantitative estimate of drug-likeness (QED) is 0.791. The fourth-order valence-corrected chi connectivity index (χ4v) is 4.06. The zero-order chi connectivity index (χ0) is 20.5. The molecular formula is C22H28FN5O. The first kappa shape index (κ1) is 19.6. The highest BCUT2D eigenvalue weighted by atomic mass is 19.1. The molecule has 1 atom stereocenters. The van der Waals surface area contributed by atoms with Gasteiger partial charge in [-0.25, -0.2) is 14.4 Å². The van der Waals surface area contributed by atoms with Gasteiger partial charge in [0.05, 0.1) is 17.9 Å². The summed E-state index contributed by atoms with van der Waals surface area (Å²) in [5.41, 5.74) is 4.14. The molecule has 154 valence electrons. The number of halogens is 1. The SMILES string of the molecule is CNc1cc(C)nc(Nc2nc3c(c(C4=CCC(N(C)C)CC4)c2F)OCC3)c1. The Morgan fingerprint density at radius 3 is 2.72 bits per heavy atom. The second-order valence-electron chi connectivity index (χ2n) is 7.90. The summed E-state index contributed by atoms with van der Waals surface area (Å²) >= 11 is 0. The predicted octanol–water partition coefficient (Wildman–Crippen LogP) is 4.14. The number of fused-ring (bicyclic) bond motifs is 1. The number of hydrogen-bond acceptors (Lipinski definition) is 6. The molecule has 3 heterocycles.